The van der Waals surface area contributed by atoms with Crippen LogP contribution >= 0.6 is 0 Å². The lowest BCUT2D eigenvalue weighted by Crippen LogP contribution is -2.02. The minimum absolute atomic E-state index is 0.0972. The number of carboxylic acid groups (broad SMARTS) is 2. The van der Waals surface area contributed by atoms with Crippen LogP contribution in [-0.2, 0) is 9.59 Å². The Morgan fingerprint density at radius 2 is 1.09 bits per heavy atom. The molecule has 23 heavy (non-hydrogen) atoms. The van der Waals surface area contributed by atoms with Crippen molar-refractivity contribution in [3.05, 3.63) is 10.1 Å². The quantitative estimate of drug-likeness (QED) is 0.134. The van der Waals surface area contributed by atoms with Gasteiger partial charge in [-0.15, -0.1) is 10.1 Å². The molecular weight excluding hydrogens is 324 g/mol. The standard InChI is InChI=1S/3C2H7NO.C2H4O2.CH2O2.HNO3/c3*3-1-2-4;1-2(3)4;2-1-3;2-1(3)4/h3*4H,1-3H2;1H3,(H,3,4);1H,(H,2,3);(H,2,3,4). The summed E-state index contributed by atoms with van der Waals surface area (Å²) in [5, 5.41) is 51.2. The third-order valence-corrected chi connectivity index (χ3v) is 0.387. The molecule has 0 bridgehead atoms. The van der Waals surface area contributed by atoms with Crippen molar-refractivity contribution in [2.24, 2.45) is 17.2 Å². The minimum atomic E-state index is -1.50. The van der Waals surface area contributed by atoms with E-state index in [-0.39, 0.29) is 26.3 Å². The van der Waals surface area contributed by atoms with Gasteiger partial charge in [0.25, 0.3) is 17.5 Å². The minimum Gasteiger partial charge on any atom is -0.483 e. The second kappa shape index (κ2) is 59.8. The van der Waals surface area contributed by atoms with E-state index in [0.717, 1.165) is 6.92 Å². The number of aliphatic carboxylic acids is 1. The van der Waals surface area contributed by atoms with Crippen molar-refractivity contribution in [2.45, 2.75) is 6.92 Å². The molecule has 0 rings (SSSR count). The van der Waals surface area contributed by atoms with Crippen LogP contribution in [0.15, 0.2) is 0 Å². The van der Waals surface area contributed by atoms with Gasteiger partial charge in [0.2, 0.25) is 0 Å². The zero-order chi connectivity index (χ0) is 20.1. The first-order chi connectivity index (χ1) is 10.6. The third-order valence-electron chi connectivity index (χ3n) is 0.387. The SMILES string of the molecule is CC(=O)O.NCCO.NCCO.NCCO.O=CO.O=[N+]([O-])O. The van der Waals surface area contributed by atoms with Crippen molar-refractivity contribution in [1.29, 1.82) is 0 Å². The number of hydrogen-bond donors (Lipinski definition) is 9. The van der Waals surface area contributed by atoms with Crippen molar-refractivity contribution >= 4 is 12.4 Å². The summed E-state index contributed by atoms with van der Waals surface area (Å²) in [5.41, 5.74) is 14.3. The monoisotopic (exact) mass is 352 g/mol. The van der Waals surface area contributed by atoms with E-state index in [4.69, 9.17) is 67.6 Å². The molecule has 0 aliphatic rings. The molecule has 14 heteroatoms. The number of nitrogens with two attached hydrogens (primary N) is 3. The molecule has 0 aromatic heterocycles. The van der Waals surface area contributed by atoms with Crippen LogP contribution in [-0.4, -0.2) is 87.7 Å². The van der Waals surface area contributed by atoms with E-state index in [1.54, 1.807) is 0 Å². The number of aliphatic hydroxyl groups is 3. The van der Waals surface area contributed by atoms with E-state index in [9.17, 15) is 0 Å². The number of carboxylic acids is 1. The van der Waals surface area contributed by atoms with Crippen LogP contribution in [0.1, 0.15) is 6.92 Å². The fourth-order valence-electron chi connectivity index (χ4n) is 0. The molecule has 12 N–H and O–H groups in total. The van der Waals surface area contributed by atoms with Crippen LogP contribution in [0.25, 0.3) is 0 Å². The molecule has 0 aromatic carbocycles. The van der Waals surface area contributed by atoms with Crippen molar-refractivity contribution < 1.29 is 45.4 Å². The molecule has 0 fully saturated rings. The Morgan fingerprint density at radius 1 is 1.04 bits per heavy atom. The van der Waals surface area contributed by atoms with Crippen molar-refractivity contribution in [3.63, 3.8) is 0 Å². The molecule has 144 valence electrons. The maximum Gasteiger partial charge on any atom is 0.300 e. The second-order valence-electron chi connectivity index (χ2n) is 2.40. The number of carbonyl (C=O) groups is 2. The molecule has 0 aromatic rings. The lowest BCUT2D eigenvalue weighted by Gasteiger charge is -1.71. The number of nitrogens with zero attached hydrogens (tertiary/aromatic N) is 1. The lowest BCUT2D eigenvalue weighted by atomic mass is 10.8. The number of hydrogen-bond acceptors (Lipinski definition) is 10. The highest BCUT2D eigenvalue weighted by Crippen LogP contribution is 1.42. The van der Waals surface area contributed by atoms with Gasteiger partial charge in [-0.2, -0.15) is 0 Å². The highest BCUT2D eigenvalue weighted by molar-refractivity contribution is 5.62. The van der Waals surface area contributed by atoms with E-state index in [1.807, 2.05) is 0 Å². The summed E-state index contributed by atoms with van der Waals surface area (Å²) >= 11 is 0. The first-order valence-electron chi connectivity index (χ1n) is 5.66. The first kappa shape index (κ1) is 37.3. The van der Waals surface area contributed by atoms with Gasteiger partial charge in [0.1, 0.15) is 0 Å². The molecule has 0 saturated heterocycles. The molecule has 0 amide bonds. The maximum atomic E-state index is 9.00. The summed E-state index contributed by atoms with van der Waals surface area (Å²) in [6.07, 6.45) is 0. The van der Waals surface area contributed by atoms with Crippen molar-refractivity contribution in [2.75, 3.05) is 39.5 Å². The Hall–Kier alpha value is -2.10. The Bertz CT molecular complexity index is 173. The predicted octanol–water partition coefficient (Wildman–Crippen LogP) is -3.74. The molecule has 0 radical (unpaired) electrons. The molecule has 0 atom stereocenters. The molecule has 0 aliphatic heterocycles. The van der Waals surface area contributed by atoms with Gasteiger partial charge in [0.15, 0.2) is 0 Å². The molecule has 0 heterocycles. The van der Waals surface area contributed by atoms with Gasteiger partial charge in [-0.3, -0.25) is 9.59 Å². The van der Waals surface area contributed by atoms with Gasteiger partial charge in [-0.1, -0.05) is 0 Å². The lowest BCUT2D eigenvalue weighted by molar-refractivity contribution is -0.742. The third kappa shape index (κ3) is 7870. The fraction of sp³-hybridized carbons (Fsp3) is 0.778. The molecule has 0 spiro atoms. The van der Waals surface area contributed by atoms with Gasteiger partial charge in [-0.05, 0) is 0 Å². The normalized spacial score (nSPS) is 6.57. The van der Waals surface area contributed by atoms with E-state index < -0.39 is 11.1 Å². The summed E-state index contributed by atoms with van der Waals surface area (Å²) in [7, 11) is 0. The van der Waals surface area contributed by atoms with Crippen LogP contribution in [0, 0.1) is 10.1 Å². The smallest absolute Gasteiger partial charge is 0.300 e. The van der Waals surface area contributed by atoms with Crippen LogP contribution < -0.4 is 17.2 Å². The summed E-state index contributed by atoms with van der Waals surface area (Å²) in [5.74, 6) is -0.833. The molecule has 0 unspecified atom stereocenters. The topological polar surface area (TPSA) is 277 Å². The highest BCUT2D eigenvalue weighted by Gasteiger charge is 1.66. The second-order valence-corrected chi connectivity index (χ2v) is 2.40. The fourth-order valence-corrected chi connectivity index (χ4v) is 0. The summed E-state index contributed by atoms with van der Waals surface area (Å²) in [6, 6.07) is 0. The Balaban J connectivity index is -0.0000000378. The van der Waals surface area contributed by atoms with E-state index in [2.05, 4.69) is 0 Å². The van der Waals surface area contributed by atoms with E-state index in [0.29, 0.717) is 19.6 Å². The summed E-state index contributed by atoms with van der Waals surface area (Å²) in [4.78, 5) is 25.7. The average molecular weight is 352 g/mol. The van der Waals surface area contributed by atoms with Crippen LogP contribution in [0.5, 0.6) is 0 Å². The molecule has 14 nitrogen and oxygen atoms in total. The van der Waals surface area contributed by atoms with Crippen LogP contribution in [0.4, 0.5) is 0 Å². The average Bonchev–Trinajstić information content (AvgIpc) is 2.47. The first-order valence-corrected chi connectivity index (χ1v) is 5.66. The molecular formula is C9H28N4O10. The van der Waals surface area contributed by atoms with Gasteiger partial charge in [0, 0.05) is 26.6 Å². The van der Waals surface area contributed by atoms with Gasteiger partial charge >= 0.3 is 0 Å². The number of aliphatic hydroxyl groups excluding tert-OH is 3. The van der Waals surface area contributed by atoms with E-state index in [1.165, 1.54) is 0 Å². The van der Waals surface area contributed by atoms with Crippen molar-refractivity contribution in [1.82, 2.24) is 0 Å². The maximum absolute atomic E-state index is 9.00. The molecule has 0 saturated carbocycles. The van der Waals surface area contributed by atoms with Crippen LogP contribution in [0.2, 0.25) is 0 Å². The molecule has 0 aliphatic carbocycles. The Labute approximate surface area is 132 Å². The zero-order valence-electron chi connectivity index (χ0n) is 12.8. The van der Waals surface area contributed by atoms with Gasteiger partial charge < -0.3 is 47.9 Å². The highest BCUT2D eigenvalue weighted by atomic mass is 16.9. The summed E-state index contributed by atoms with van der Waals surface area (Å²) < 4.78 is 0. The summed E-state index contributed by atoms with van der Waals surface area (Å²) in [6.45, 7) is 2.25. The van der Waals surface area contributed by atoms with Crippen LogP contribution in [0.3, 0.4) is 0 Å². The Kier molecular flexibility index (Phi) is 97.0. The van der Waals surface area contributed by atoms with Crippen molar-refractivity contribution in [3.8, 4) is 0 Å². The van der Waals surface area contributed by atoms with Gasteiger partial charge in [0.05, 0.1) is 19.8 Å². The Morgan fingerprint density at radius 3 is 1.09 bits per heavy atom. The predicted molar refractivity (Wildman–Crippen MR) is 79.2 cm³/mol. The van der Waals surface area contributed by atoms with E-state index >= 15 is 0 Å². The van der Waals surface area contributed by atoms with Gasteiger partial charge in [-0.25, -0.2) is 0 Å². The number of rotatable bonds is 3. The largest absolute Gasteiger partial charge is 0.483 e. The zero-order valence-corrected chi connectivity index (χ0v) is 12.8.